The fourth-order valence-electron chi connectivity index (χ4n) is 2.03. The summed E-state index contributed by atoms with van der Waals surface area (Å²) in [7, 11) is 0. The van der Waals surface area contributed by atoms with Crippen LogP contribution in [0.2, 0.25) is 5.02 Å². The molecule has 1 aromatic rings. The summed E-state index contributed by atoms with van der Waals surface area (Å²) in [6.45, 7) is 2.46. The van der Waals surface area contributed by atoms with Gasteiger partial charge in [0.05, 0.1) is 6.54 Å². The maximum Gasteiger partial charge on any atom is 0.133 e. The molecular weight excluding hydrogens is 210 g/mol. The van der Waals surface area contributed by atoms with Crippen molar-refractivity contribution in [3.8, 4) is 0 Å². The molecule has 80 valence electrons. The van der Waals surface area contributed by atoms with E-state index in [0.29, 0.717) is 6.54 Å². The standard InChI is InChI=1S/C12H14ClNO/c13-12-2-1-10-3-5-14(7-8-15)6-4-11(10)9-12/h1-2,8-9H,3-7H2. The Morgan fingerprint density at radius 3 is 2.73 bits per heavy atom. The van der Waals surface area contributed by atoms with E-state index in [2.05, 4.69) is 11.0 Å². The van der Waals surface area contributed by atoms with Crippen LogP contribution in [0.3, 0.4) is 0 Å². The van der Waals surface area contributed by atoms with E-state index in [1.807, 2.05) is 12.1 Å². The predicted octanol–water partition coefficient (Wildman–Crippen LogP) is 1.94. The van der Waals surface area contributed by atoms with Gasteiger partial charge in [-0.05, 0) is 36.1 Å². The van der Waals surface area contributed by atoms with Crippen molar-refractivity contribution < 1.29 is 4.79 Å². The van der Waals surface area contributed by atoms with E-state index in [1.54, 1.807) is 0 Å². The third kappa shape index (κ3) is 2.58. The van der Waals surface area contributed by atoms with Crippen LogP contribution < -0.4 is 0 Å². The van der Waals surface area contributed by atoms with Crippen molar-refractivity contribution >= 4 is 17.9 Å². The number of nitrogens with zero attached hydrogens (tertiary/aromatic N) is 1. The van der Waals surface area contributed by atoms with Crippen molar-refractivity contribution in [1.82, 2.24) is 4.90 Å². The molecule has 0 saturated heterocycles. The predicted molar refractivity (Wildman–Crippen MR) is 61.4 cm³/mol. The van der Waals surface area contributed by atoms with Crippen LogP contribution in [0.15, 0.2) is 18.2 Å². The van der Waals surface area contributed by atoms with E-state index in [-0.39, 0.29) is 0 Å². The molecule has 15 heavy (non-hydrogen) atoms. The Morgan fingerprint density at radius 1 is 1.27 bits per heavy atom. The molecule has 0 unspecified atom stereocenters. The first-order chi connectivity index (χ1) is 7.29. The normalized spacial score (nSPS) is 16.9. The quantitative estimate of drug-likeness (QED) is 0.715. The lowest BCUT2D eigenvalue weighted by atomic mass is 10.0. The highest BCUT2D eigenvalue weighted by molar-refractivity contribution is 6.30. The molecule has 0 bridgehead atoms. The van der Waals surface area contributed by atoms with E-state index in [9.17, 15) is 4.79 Å². The number of benzene rings is 1. The van der Waals surface area contributed by atoms with Gasteiger partial charge >= 0.3 is 0 Å². The van der Waals surface area contributed by atoms with E-state index >= 15 is 0 Å². The average molecular weight is 224 g/mol. The van der Waals surface area contributed by atoms with Gasteiger partial charge in [-0.1, -0.05) is 17.7 Å². The van der Waals surface area contributed by atoms with Crippen molar-refractivity contribution in [2.75, 3.05) is 19.6 Å². The summed E-state index contributed by atoms with van der Waals surface area (Å²) in [6.07, 6.45) is 2.98. The molecule has 0 aliphatic carbocycles. The summed E-state index contributed by atoms with van der Waals surface area (Å²) in [4.78, 5) is 12.6. The first kappa shape index (κ1) is 10.7. The molecule has 0 atom stereocenters. The molecule has 2 nitrogen and oxygen atoms in total. The lowest BCUT2D eigenvalue weighted by Crippen LogP contribution is -2.28. The van der Waals surface area contributed by atoms with Gasteiger partial charge in [-0.3, -0.25) is 4.90 Å². The molecule has 0 fully saturated rings. The number of rotatable bonds is 2. The monoisotopic (exact) mass is 223 g/mol. The maximum atomic E-state index is 10.4. The van der Waals surface area contributed by atoms with Gasteiger partial charge in [0.1, 0.15) is 6.29 Å². The summed E-state index contributed by atoms with van der Waals surface area (Å²) in [6, 6.07) is 6.08. The van der Waals surface area contributed by atoms with Crippen LogP contribution in [0.5, 0.6) is 0 Å². The smallest absolute Gasteiger partial charge is 0.133 e. The Hall–Kier alpha value is -0.860. The number of hydrogen-bond donors (Lipinski definition) is 0. The summed E-state index contributed by atoms with van der Waals surface area (Å²) >= 11 is 5.96. The Bertz CT molecular complexity index is 365. The minimum absolute atomic E-state index is 0.543. The van der Waals surface area contributed by atoms with E-state index in [1.165, 1.54) is 11.1 Å². The second-order valence-electron chi connectivity index (χ2n) is 3.88. The molecule has 2 rings (SSSR count). The Kier molecular flexibility index (Phi) is 3.39. The van der Waals surface area contributed by atoms with Crippen LogP contribution in [0.25, 0.3) is 0 Å². The third-order valence-corrected chi connectivity index (χ3v) is 3.13. The number of carbonyl (C=O) groups excluding carboxylic acids is 1. The maximum absolute atomic E-state index is 10.4. The van der Waals surface area contributed by atoms with Gasteiger partial charge in [0, 0.05) is 18.1 Å². The highest BCUT2D eigenvalue weighted by Crippen LogP contribution is 2.20. The molecule has 0 amide bonds. The number of carbonyl (C=O) groups is 1. The number of hydrogen-bond acceptors (Lipinski definition) is 2. The highest BCUT2D eigenvalue weighted by Gasteiger charge is 2.13. The molecule has 1 aliphatic heterocycles. The van der Waals surface area contributed by atoms with E-state index < -0.39 is 0 Å². The zero-order chi connectivity index (χ0) is 10.7. The molecule has 0 radical (unpaired) electrons. The molecule has 1 aliphatic rings. The average Bonchev–Trinajstić information content (AvgIpc) is 2.42. The first-order valence-corrected chi connectivity index (χ1v) is 5.60. The summed E-state index contributed by atoms with van der Waals surface area (Å²) in [5.74, 6) is 0. The van der Waals surface area contributed by atoms with Gasteiger partial charge in [-0.25, -0.2) is 0 Å². The SMILES string of the molecule is O=CCN1CCc2ccc(Cl)cc2CC1. The van der Waals surface area contributed by atoms with Crippen molar-refractivity contribution in [2.24, 2.45) is 0 Å². The topological polar surface area (TPSA) is 20.3 Å². The number of aldehydes is 1. The van der Waals surface area contributed by atoms with Crippen molar-refractivity contribution in [1.29, 1.82) is 0 Å². The molecule has 0 N–H and O–H groups in total. The van der Waals surface area contributed by atoms with Gasteiger partial charge < -0.3 is 4.79 Å². The fraction of sp³-hybridized carbons (Fsp3) is 0.417. The van der Waals surface area contributed by atoms with Crippen LogP contribution in [-0.4, -0.2) is 30.8 Å². The molecule has 0 spiro atoms. The van der Waals surface area contributed by atoms with Crippen LogP contribution in [0.1, 0.15) is 11.1 Å². The number of halogens is 1. The highest BCUT2D eigenvalue weighted by atomic mass is 35.5. The second kappa shape index (κ2) is 4.77. The lowest BCUT2D eigenvalue weighted by Gasteiger charge is -2.15. The molecule has 1 aromatic carbocycles. The van der Waals surface area contributed by atoms with Gasteiger partial charge in [0.25, 0.3) is 0 Å². The van der Waals surface area contributed by atoms with Gasteiger partial charge in [0.15, 0.2) is 0 Å². The third-order valence-electron chi connectivity index (χ3n) is 2.90. The van der Waals surface area contributed by atoms with Crippen LogP contribution >= 0.6 is 11.6 Å². The van der Waals surface area contributed by atoms with Crippen molar-refractivity contribution in [3.63, 3.8) is 0 Å². The Labute approximate surface area is 94.8 Å². The molecular formula is C12H14ClNO. The van der Waals surface area contributed by atoms with E-state index in [0.717, 1.165) is 37.2 Å². The Balaban J connectivity index is 2.14. The van der Waals surface area contributed by atoms with Gasteiger partial charge in [-0.2, -0.15) is 0 Å². The van der Waals surface area contributed by atoms with Gasteiger partial charge in [-0.15, -0.1) is 0 Å². The summed E-state index contributed by atoms with van der Waals surface area (Å²) in [5.41, 5.74) is 2.70. The Morgan fingerprint density at radius 2 is 2.00 bits per heavy atom. The first-order valence-electron chi connectivity index (χ1n) is 5.23. The van der Waals surface area contributed by atoms with E-state index in [4.69, 9.17) is 11.6 Å². The fourth-order valence-corrected chi connectivity index (χ4v) is 2.22. The van der Waals surface area contributed by atoms with Crippen LogP contribution in [0, 0.1) is 0 Å². The molecule has 0 saturated carbocycles. The second-order valence-corrected chi connectivity index (χ2v) is 4.32. The molecule has 3 heteroatoms. The minimum atomic E-state index is 0.543. The minimum Gasteiger partial charge on any atom is -0.302 e. The molecule has 1 heterocycles. The van der Waals surface area contributed by atoms with Crippen LogP contribution in [0.4, 0.5) is 0 Å². The van der Waals surface area contributed by atoms with Crippen LogP contribution in [-0.2, 0) is 17.6 Å². The largest absolute Gasteiger partial charge is 0.302 e. The number of fused-ring (bicyclic) bond motifs is 1. The van der Waals surface area contributed by atoms with Crippen molar-refractivity contribution in [3.05, 3.63) is 34.3 Å². The zero-order valence-corrected chi connectivity index (χ0v) is 9.33. The lowest BCUT2D eigenvalue weighted by molar-refractivity contribution is -0.108. The zero-order valence-electron chi connectivity index (χ0n) is 8.58. The molecule has 0 aromatic heterocycles. The van der Waals surface area contributed by atoms with Crippen molar-refractivity contribution in [2.45, 2.75) is 12.8 Å². The summed E-state index contributed by atoms with van der Waals surface area (Å²) < 4.78 is 0. The van der Waals surface area contributed by atoms with Gasteiger partial charge in [0.2, 0.25) is 0 Å². The summed E-state index contributed by atoms with van der Waals surface area (Å²) in [5, 5.41) is 0.803.